The van der Waals surface area contributed by atoms with Crippen LogP contribution >= 0.6 is 32.1 Å². The van der Waals surface area contributed by atoms with E-state index in [1.807, 2.05) is 42.0 Å². The summed E-state index contributed by atoms with van der Waals surface area (Å²) < 4.78 is 9.88. The Labute approximate surface area is 203 Å². The van der Waals surface area contributed by atoms with Crippen molar-refractivity contribution in [1.82, 2.24) is 9.78 Å². The number of hydrogen-bond donors (Lipinski definition) is 3. The summed E-state index contributed by atoms with van der Waals surface area (Å²) in [4.78, 5) is 18.5. The predicted molar refractivity (Wildman–Crippen MR) is 142 cm³/mol. The largest absolute Gasteiger partial charge is 0.505 e. The Kier molecular flexibility index (Phi) is 8.91. The van der Waals surface area contributed by atoms with Crippen molar-refractivity contribution in [3.63, 3.8) is 0 Å². The molecular formula is C22H28N5O3PS2. The molecule has 0 saturated carbocycles. The fourth-order valence-electron chi connectivity index (χ4n) is 3.10. The Bertz CT molecular complexity index is 1180. The third-order valence-electron chi connectivity index (χ3n) is 4.73. The lowest BCUT2D eigenvalue weighted by Gasteiger charge is -2.14. The van der Waals surface area contributed by atoms with Gasteiger partial charge < -0.3 is 20.1 Å². The molecule has 0 fully saturated rings. The van der Waals surface area contributed by atoms with E-state index in [4.69, 9.17) is 10.3 Å². The average Bonchev–Trinajstić information content (AvgIpc) is 3.30. The van der Waals surface area contributed by atoms with E-state index < -0.39 is 5.56 Å². The van der Waals surface area contributed by atoms with Gasteiger partial charge in [-0.2, -0.15) is 5.10 Å². The summed E-state index contributed by atoms with van der Waals surface area (Å²) in [5.41, 5.74) is 7.61. The van der Waals surface area contributed by atoms with Gasteiger partial charge in [-0.3, -0.25) is 4.79 Å². The van der Waals surface area contributed by atoms with E-state index in [1.165, 1.54) is 28.0 Å². The van der Waals surface area contributed by atoms with Gasteiger partial charge in [-0.05, 0) is 42.0 Å². The molecule has 1 unspecified atom stereocenters. The Hall–Kier alpha value is -2.39. The van der Waals surface area contributed by atoms with Crippen LogP contribution in [0.5, 0.6) is 5.75 Å². The minimum atomic E-state index is -0.467. The van der Waals surface area contributed by atoms with Gasteiger partial charge in [0, 0.05) is 39.7 Å². The molecule has 2 aromatic heterocycles. The first kappa shape index (κ1) is 25.2. The van der Waals surface area contributed by atoms with E-state index in [-0.39, 0.29) is 26.0 Å². The van der Waals surface area contributed by atoms with E-state index in [1.54, 1.807) is 7.11 Å². The van der Waals surface area contributed by atoms with Crippen LogP contribution in [0.3, 0.4) is 0 Å². The summed E-state index contributed by atoms with van der Waals surface area (Å²) in [5, 5.41) is 18.2. The molecule has 11 heteroatoms. The molecule has 1 aromatic carbocycles. The molecule has 0 spiro atoms. The van der Waals surface area contributed by atoms with Crippen LogP contribution in [0.25, 0.3) is 10.6 Å². The van der Waals surface area contributed by atoms with E-state index in [0.717, 1.165) is 22.3 Å². The van der Waals surface area contributed by atoms with Gasteiger partial charge in [0.15, 0.2) is 5.75 Å². The van der Waals surface area contributed by atoms with Gasteiger partial charge >= 0.3 is 0 Å². The first-order chi connectivity index (χ1) is 15.8. The Morgan fingerprint density at radius 1 is 1.42 bits per heavy atom. The third-order valence-corrected chi connectivity index (χ3v) is 6.87. The van der Waals surface area contributed by atoms with Gasteiger partial charge in [-0.1, -0.05) is 31.9 Å². The number of aliphatic imine (C=N–C) groups is 1. The molecule has 3 aromatic rings. The first-order valence-corrected chi connectivity index (χ1v) is 13.3. The minimum Gasteiger partial charge on any atom is -0.505 e. The van der Waals surface area contributed by atoms with Crippen LogP contribution in [0.4, 0.5) is 11.4 Å². The molecular weight excluding hydrogens is 477 g/mol. The van der Waals surface area contributed by atoms with Crippen molar-refractivity contribution in [1.29, 1.82) is 0 Å². The van der Waals surface area contributed by atoms with Crippen molar-refractivity contribution >= 4 is 54.6 Å². The van der Waals surface area contributed by atoms with E-state index in [9.17, 15) is 9.90 Å². The average molecular weight is 506 g/mol. The number of anilines is 1. The van der Waals surface area contributed by atoms with Gasteiger partial charge in [-0.15, -0.1) is 11.3 Å². The van der Waals surface area contributed by atoms with Crippen LogP contribution in [0.1, 0.15) is 25.8 Å². The topological polar surface area (TPSA) is 115 Å². The summed E-state index contributed by atoms with van der Waals surface area (Å²) in [7, 11) is 1.65. The maximum atomic E-state index is 13.3. The summed E-state index contributed by atoms with van der Waals surface area (Å²) in [6.07, 6.45) is 2.70. The van der Waals surface area contributed by atoms with Gasteiger partial charge in [-0.25, -0.2) is 9.67 Å². The highest BCUT2D eigenvalue weighted by Crippen LogP contribution is 2.32. The van der Waals surface area contributed by atoms with Crippen molar-refractivity contribution in [2.24, 2.45) is 16.6 Å². The number of aromatic nitrogens is 2. The summed E-state index contributed by atoms with van der Waals surface area (Å²) in [6, 6.07) is 9.31. The molecule has 0 aliphatic heterocycles. The molecule has 4 N–H and O–H groups in total. The number of nitrogens with zero attached hydrogens (tertiary/aromatic N) is 3. The lowest BCUT2D eigenvalue weighted by molar-refractivity contribution is 0.444. The van der Waals surface area contributed by atoms with E-state index in [0.29, 0.717) is 23.8 Å². The zero-order chi connectivity index (χ0) is 24.0. The number of aromatic hydroxyl groups is 1. The van der Waals surface area contributed by atoms with E-state index >= 15 is 0 Å². The fraction of sp³-hybridized carbons (Fsp3) is 0.318. The maximum absolute atomic E-state index is 13.3. The van der Waals surface area contributed by atoms with Crippen molar-refractivity contribution in [2.45, 2.75) is 26.8 Å². The molecule has 0 radical (unpaired) electrons. The quantitative estimate of drug-likeness (QED) is 0.163. The number of amidine groups is 1. The summed E-state index contributed by atoms with van der Waals surface area (Å²) in [6.45, 7) is 4.58. The number of hydrogen-bond acceptors (Lipinski definition) is 8. The van der Waals surface area contributed by atoms with Gasteiger partial charge in [0.2, 0.25) is 0 Å². The maximum Gasteiger partial charge on any atom is 0.281 e. The minimum absolute atomic E-state index is 0.0442. The van der Waals surface area contributed by atoms with Gasteiger partial charge in [0.25, 0.3) is 5.56 Å². The van der Waals surface area contributed by atoms with Crippen LogP contribution in [0.2, 0.25) is 0 Å². The molecule has 0 amide bonds. The van der Waals surface area contributed by atoms with E-state index in [2.05, 4.69) is 28.7 Å². The molecule has 2 heterocycles. The molecule has 0 aliphatic rings. The second kappa shape index (κ2) is 11.7. The normalized spacial score (nSPS) is 12.2. The lowest BCUT2D eigenvalue weighted by atomic mass is 10.1. The van der Waals surface area contributed by atoms with Crippen LogP contribution in [-0.2, 0) is 11.1 Å². The Balaban J connectivity index is 2.14. The molecule has 0 saturated heterocycles. The fourth-order valence-corrected chi connectivity index (χ4v) is 4.85. The third kappa shape index (κ3) is 6.14. The molecule has 8 nitrogen and oxygen atoms in total. The zero-order valence-electron chi connectivity index (χ0n) is 19.0. The molecule has 1 atom stereocenters. The molecule has 176 valence electrons. The summed E-state index contributed by atoms with van der Waals surface area (Å²) in [5.74, 6) is 0.0581. The van der Waals surface area contributed by atoms with Crippen LogP contribution in [-0.4, -0.2) is 34.1 Å². The highest BCUT2D eigenvalue weighted by atomic mass is 32.2. The number of benzene rings is 1. The Morgan fingerprint density at radius 3 is 2.85 bits per heavy atom. The number of rotatable bonds is 10. The highest BCUT2D eigenvalue weighted by Gasteiger charge is 2.22. The van der Waals surface area contributed by atoms with Crippen molar-refractivity contribution in [2.75, 3.05) is 18.1 Å². The second-order valence-corrected chi connectivity index (χ2v) is 10.3. The lowest BCUT2D eigenvalue weighted by Crippen LogP contribution is -2.32. The molecule has 0 aliphatic carbocycles. The first-order valence-electron chi connectivity index (χ1n) is 10.3. The monoisotopic (exact) mass is 505 g/mol. The number of nitrogens with one attached hydrogen (secondary N) is 1. The number of nitrogens with two attached hydrogens (primary N) is 1. The molecule has 0 bridgehead atoms. The smallest absolute Gasteiger partial charge is 0.281 e. The van der Waals surface area contributed by atoms with Crippen LogP contribution in [0, 0.1) is 5.92 Å². The van der Waals surface area contributed by atoms with Gasteiger partial charge in [0.1, 0.15) is 17.1 Å². The van der Waals surface area contributed by atoms with Crippen molar-refractivity contribution in [3.05, 3.63) is 51.6 Å². The second-order valence-electron chi connectivity index (χ2n) is 7.60. The van der Waals surface area contributed by atoms with Crippen LogP contribution in [0.15, 0.2) is 45.5 Å². The SMILES string of the molecule is COPc1cc(NSC)ccc1N=C(N)c1c(O)c(-c2cccs2)nn(CCC(C)C)c1=O. The van der Waals surface area contributed by atoms with Crippen molar-refractivity contribution in [3.8, 4) is 16.3 Å². The molecule has 3 rings (SSSR count). The molecule has 33 heavy (non-hydrogen) atoms. The van der Waals surface area contributed by atoms with Gasteiger partial charge in [0.05, 0.1) is 10.6 Å². The number of aryl methyl sites for hydroxylation is 1. The van der Waals surface area contributed by atoms with Crippen LogP contribution < -0.4 is 21.3 Å². The highest BCUT2D eigenvalue weighted by molar-refractivity contribution is 7.99. The number of thiophene rings is 1. The summed E-state index contributed by atoms with van der Waals surface area (Å²) >= 11 is 2.90. The Morgan fingerprint density at radius 2 is 2.21 bits per heavy atom. The predicted octanol–water partition coefficient (Wildman–Crippen LogP) is 4.32. The zero-order valence-corrected chi connectivity index (χ0v) is 21.6. The van der Waals surface area contributed by atoms with Crippen molar-refractivity contribution < 1.29 is 9.63 Å². The standard InChI is InChI=1S/C22H28N5O3PS2/c1-13(2)9-10-27-22(29)18(20(28)19(25-27)17-6-5-11-33-17)21(23)24-15-8-7-14(26-32-4)12-16(15)31-30-3/h5-8,11-13,26,28,31H,9-10H2,1-4H3,(H2,23,24).